The summed E-state index contributed by atoms with van der Waals surface area (Å²) in [4.78, 5) is 9.25. The molecule has 32 heavy (non-hydrogen) atoms. The van der Waals surface area contributed by atoms with E-state index in [-0.39, 0.29) is 0 Å². The molecule has 0 bridgehead atoms. The Morgan fingerprint density at radius 2 is 1.56 bits per heavy atom. The summed E-state index contributed by atoms with van der Waals surface area (Å²) in [6, 6.07) is 24.8. The van der Waals surface area contributed by atoms with Gasteiger partial charge in [-0.3, -0.25) is 9.67 Å². The number of para-hydroxylation sites is 1. The van der Waals surface area contributed by atoms with E-state index in [2.05, 4.69) is 64.7 Å². The van der Waals surface area contributed by atoms with Crippen molar-refractivity contribution in [2.45, 2.75) is 20.5 Å². The van der Waals surface area contributed by atoms with E-state index in [1.54, 1.807) is 4.68 Å². The van der Waals surface area contributed by atoms with E-state index in [0.717, 1.165) is 50.2 Å². The average Bonchev–Trinajstić information content (AvgIpc) is 3.17. The second kappa shape index (κ2) is 8.27. The van der Waals surface area contributed by atoms with Crippen LogP contribution in [-0.4, -0.2) is 19.7 Å². The maximum atomic E-state index is 6.11. The first-order valence-corrected chi connectivity index (χ1v) is 10.6. The van der Waals surface area contributed by atoms with Crippen LogP contribution in [0.25, 0.3) is 33.3 Å². The van der Waals surface area contributed by atoms with Crippen molar-refractivity contribution < 1.29 is 4.74 Å². The Morgan fingerprint density at radius 3 is 2.34 bits per heavy atom. The minimum absolute atomic E-state index is 0.443. The molecule has 0 spiro atoms. The highest BCUT2D eigenvalue weighted by Crippen LogP contribution is 2.30. The number of hydrogen-bond acceptors (Lipinski definition) is 4. The van der Waals surface area contributed by atoms with Crippen molar-refractivity contribution in [2.24, 2.45) is 7.05 Å². The van der Waals surface area contributed by atoms with Gasteiger partial charge in [0.25, 0.3) is 0 Å². The minimum Gasteiger partial charge on any atom is -0.471 e. The zero-order valence-corrected chi connectivity index (χ0v) is 18.4. The monoisotopic (exact) mass is 420 g/mol. The van der Waals surface area contributed by atoms with Crippen molar-refractivity contribution in [3.63, 3.8) is 0 Å². The fourth-order valence-corrected chi connectivity index (χ4v) is 3.91. The molecule has 0 aliphatic heterocycles. The molecule has 5 nitrogen and oxygen atoms in total. The lowest BCUT2D eigenvalue weighted by Gasteiger charge is -2.08. The maximum absolute atomic E-state index is 6.11. The van der Waals surface area contributed by atoms with Gasteiger partial charge in [0.1, 0.15) is 6.61 Å². The van der Waals surface area contributed by atoms with Crippen molar-refractivity contribution >= 4 is 10.9 Å². The van der Waals surface area contributed by atoms with Crippen molar-refractivity contribution in [1.82, 2.24) is 19.7 Å². The summed E-state index contributed by atoms with van der Waals surface area (Å²) in [5, 5.41) is 5.66. The van der Waals surface area contributed by atoms with Gasteiger partial charge >= 0.3 is 0 Å². The quantitative estimate of drug-likeness (QED) is 0.356. The van der Waals surface area contributed by atoms with Crippen molar-refractivity contribution in [1.29, 1.82) is 0 Å². The molecule has 0 atom stereocenters. The van der Waals surface area contributed by atoms with E-state index >= 15 is 0 Å². The van der Waals surface area contributed by atoms with Crippen LogP contribution in [0.1, 0.15) is 17.0 Å². The molecule has 0 amide bonds. The predicted octanol–water partition coefficient (Wildman–Crippen LogP) is 5.89. The summed E-state index contributed by atoms with van der Waals surface area (Å²) in [6.07, 6.45) is 1.98. The Bertz CT molecular complexity index is 1380. The van der Waals surface area contributed by atoms with Crippen molar-refractivity contribution in [3.05, 3.63) is 95.9 Å². The Morgan fingerprint density at radius 1 is 0.812 bits per heavy atom. The Labute approximate surface area is 187 Å². The molecule has 0 saturated heterocycles. The number of aromatic nitrogens is 4. The average molecular weight is 421 g/mol. The zero-order chi connectivity index (χ0) is 22.1. The molecule has 3 heterocycles. The highest BCUT2D eigenvalue weighted by atomic mass is 16.5. The highest BCUT2D eigenvalue weighted by Gasteiger charge is 2.13. The number of ether oxygens (including phenoxy) is 1. The molecule has 0 N–H and O–H groups in total. The second-order valence-electron chi connectivity index (χ2n) is 8.03. The van der Waals surface area contributed by atoms with Crippen LogP contribution in [0.3, 0.4) is 0 Å². The third-order valence-electron chi connectivity index (χ3n) is 5.41. The first-order chi connectivity index (χ1) is 15.5. The number of hydrogen-bond donors (Lipinski definition) is 0. The third-order valence-corrected chi connectivity index (χ3v) is 5.41. The standard InChI is InChI=1S/C27H24N4O/c1-18-14-23(15-19(2)28-18)24-16-31(3)30-27(24)32-17-20-8-10-22(11-9-20)26-13-12-21-6-4-5-7-25(21)29-26/h4-16H,17H2,1-3H3. The lowest BCUT2D eigenvalue weighted by Crippen LogP contribution is -1.98. The lowest BCUT2D eigenvalue weighted by atomic mass is 10.1. The molecular weight excluding hydrogens is 396 g/mol. The molecule has 0 unspecified atom stereocenters. The van der Waals surface area contributed by atoms with Crippen molar-refractivity contribution in [3.8, 4) is 28.3 Å². The molecule has 2 aromatic carbocycles. The molecule has 0 aliphatic carbocycles. The first-order valence-electron chi connectivity index (χ1n) is 10.6. The number of fused-ring (bicyclic) bond motifs is 1. The number of rotatable bonds is 5. The Kier molecular flexibility index (Phi) is 5.15. The SMILES string of the molecule is Cc1cc(-c2cn(C)nc2OCc2ccc(-c3ccc4ccccc4n3)cc2)cc(C)n1. The van der Waals surface area contributed by atoms with E-state index in [0.29, 0.717) is 12.5 Å². The van der Waals surface area contributed by atoms with E-state index in [1.165, 1.54) is 0 Å². The minimum atomic E-state index is 0.443. The number of pyridine rings is 2. The van der Waals surface area contributed by atoms with Gasteiger partial charge in [-0.15, -0.1) is 5.10 Å². The summed E-state index contributed by atoms with van der Waals surface area (Å²) >= 11 is 0. The lowest BCUT2D eigenvalue weighted by molar-refractivity contribution is 0.292. The third kappa shape index (κ3) is 4.10. The number of benzene rings is 2. The molecule has 0 radical (unpaired) electrons. The van der Waals surface area contributed by atoms with Crippen LogP contribution in [0, 0.1) is 13.8 Å². The molecular formula is C27H24N4O. The fraction of sp³-hybridized carbons (Fsp3) is 0.148. The van der Waals surface area contributed by atoms with E-state index < -0.39 is 0 Å². The highest BCUT2D eigenvalue weighted by molar-refractivity contribution is 5.81. The Balaban J connectivity index is 1.34. The summed E-state index contributed by atoms with van der Waals surface area (Å²) in [5.41, 5.74) is 8.12. The van der Waals surface area contributed by atoms with Crippen molar-refractivity contribution in [2.75, 3.05) is 0 Å². The normalized spacial score (nSPS) is 11.1. The van der Waals surface area contributed by atoms with Gasteiger partial charge in [-0.05, 0) is 49.2 Å². The van der Waals surface area contributed by atoms with Crippen LogP contribution in [0.2, 0.25) is 0 Å². The van der Waals surface area contributed by atoms with Gasteiger partial charge in [-0.25, -0.2) is 4.98 Å². The van der Waals surface area contributed by atoms with Gasteiger partial charge < -0.3 is 4.74 Å². The fourth-order valence-electron chi connectivity index (χ4n) is 3.91. The van der Waals surface area contributed by atoms with Crippen LogP contribution in [0.4, 0.5) is 0 Å². The Hall–Kier alpha value is -3.99. The van der Waals surface area contributed by atoms with Crippen LogP contribution in [-0.2, 0) is 13.7 Å². The van der Waals surface area contributed by atoms with Gasteiger partial charge in [0, 0.05) is 35.6 Å². The van der Waals surface area contributed by atoms with Crippen LogP contribution < -0.4 is 4.74 Å². The van der Waals surface area contributed by atoms with Gasteiger partial charge in [-0.2, -0.15) is 0 Å². The van der Waals surface area contributed by atoms with Gasteiger partial charge in [-0.1, -0.05) is 48.5 Å². The van der Waals surface area contributed by atoms with Gasteiger partial charge in [0.2, 0.25) is 5.88 Å². The second-order valence-corrected chi connectivity index (χ2v) is 8.03. The van der Waals surface area contributed by atoms with Crippen LogP contribution in [0.15, 0.2) is 79.0 Å². The molecule has 0 saturated carbocycles. The zero-order valence-electron chi connectivity index (χ0n) is 18.4. The summed E-state index contributed by atoms with van der Waals surface area (Å²) in [6.45, 7) is 4.44. The van der Waals surface area contributed by atoms with Crippen LogP contribution >= 0.6 is 0 Å². The van der Waals surface area contributed by atoms with E-state index in [1.807, 2.05) is 45.3 Å². The molecule has 5 rings (SSSR count). The smallest absolute Gasteiger partial charge is 0.241 e. The number of nitrogens with zero attached hydrogens (tertiary/aromatic N) is 4. The molecule has 0 aliphatic rings. The topological polar surface area (TPSA) is 52.8 Å². The molecule has 0 fully saturated rings. The first kappa shape index (κ1) is 19.9. The van der Waals surface area contributed by atoms with Gasteiger partial charge in [0.05, 0.1) is 16.8 Å². The molecule has 158 valence electrons. The summed E-state index contributed by atoms with van der Waals surface area (Å²) in [5.74, 6) is 0.623. The van der Waals surface area contributed by atoms with Crippen LogP contribution in [0.5, 0.6) is 5.88 Å². The predicted molar refractivity (Wildman–Crippen MR) is 127 cm³/mol. The number of aryl methyl sites for hydroxylation is 3. The summed E-state index contributed by atoms with van der Waals surface area (Å²) in [7, 11) is 1.91. The van der Waals surface area contributed by atoms with Gasteiger partial charge in [0.15, 0.2) is 0 Å². The summed E-state index contributed by atoms with van der Waals surface area (Å²) < 4.78 is 7.90. The molecule has 3 aromatic heterocycles. The molecule has 5 heteroatoms. The van der Waals surface area contributed by atoms with E-state index in [4.69, 9.17) is 9.72 Å². The largest absolute Gasteiger partial charge is 0.471 e. The van der Waals surface area contributed by atoms with E-state index in [9.17, 15) is 0 Å². The molecule has 5 aromatic rings. The maximum Gasteiger partial charge on any atom is 0.241 e.